The van der Waals surface area contributed by atoms with Gasteiger partial charge in [0.25, 0.3) is 5.91 Å². The maximum Gasteiger partial charge on any atom is 0.289 e. The number of hydrogen-bond acceptors (Lipinski definition) is 6. The maximum absolute atomic E-state index is 11.9. The lowest BCUT2D eigenvalue weighted by Gasteiger charge is -2.37. The minimum absolute atomic E-state index is 0.229. The number of nitrogens with one attached hydrogen (secondary N) is 2. The molecule has 2 aromatic rings. The van der Waals surface area contributed by atoms with E-state index >= 15 is 0 Å². The molecule has 1 fully saturated rings. The fourth-order valence-corrected chi connectivity index (χ4v) is 2.86. The summed E-state index contributed by atoms with van der Waals surface area (Å²) in [6.45, 7) is 3.20. The third-order valence-corrected chi connectivity index (χ3v) is 4.44. The van der Waals surface area contributed by atoms with E-state index in [1.54, 1.807) is 7.11 Å². The first kappa shape index (κ1) is 17.9. The van der Waals surface area contributed by atoms with E-state index in [9.17, 15) is 4.79 Å². The first-order valence-electron chi connectivity index (χ1n) is 8.17. The fourth-order valence-electron chi connectivity index (χ4n) is 2.63. The van der Waals surface area contributed by atoms with E-state index in [1.165, 1.54) is 18.6 Å². The van der Waals surface area contributed by atoms with Gasteiger partial charge in [0.1, 0.15) is 11.4 Å². The van der Waals surface area contributed by atoms with E-state index in [0.29, 0.717) is 5.11 Å². The summed E-state index contributed by atoms with van der Waals surface area (Å²) in [5.41, 5.74) is 6.71. The number of nitrogens with zero attached hydrogens (tertiary/aromatic N) is 4. The zero-order chi connectivity index (χ0) is 18.4. The normalized spacial score (nSPS) is 13.9. The van der Waals surface area contributed by atoms with Crippen molar-refractivity contribution in [2.24, 2.45) is 0 Å². The van der Waals surface area contributed by atoms with Crippen molar-refractivity contribution in [3.63, 3.8) is 0 Å². The molecule has 0 saturated carbocycles. The number of ether oxygens (including phenoxy) is 1. The number of hydrazine groups is 1. The molecule has 0 spiro atoms. The summed E-state index contributed by atoms with van der Waals surface area (Å²) < 4.78 is 5.19. The summed E-state index contributed by atoms with van der Waals surface area (Å²) in [6, 6.07) is 8.00. The summed E-state index contributed by atoms with van der Waals surface area (Å²) in [7, 11) is 1.66. The number of carbonyl (C=O) groups excluding carboxylic acids is 1. The molecule has 0 bridgehead atoms. The number of piperazine rings is 1. The highest BCUT2D eigenvalue weighted by Gasteiger charge is 2.19. The van der Waals surface area contributed by atoms with Crippen LogP contribution in [-0.4, -0.2) is 59.2 Å². The maximum atomic E-state index is 11.9. The van der Waals surface area contributed by atoms with Crippen molar-refractivity contribution in [2.75, 3.05) is 38.2 Å². The highest BCUT2D eigenvalue weighted by atomic mass is 32.1. The van der Waals surface area contributed by atoms with Crippen LogP contribution in [0, 0.1) is 0 Å². The van der Waals surface area contributed by atoms with Crippen molar-refractivity contribution in [3.8, 4) is 5.75 Å². The zero-order valence-electron chi connectivity index (χ0n) is 14.4. The second-order valence-electron chi connectivity index (χ2n) is 5.65. The number of methoxy groups -OCH3 is 1. The van der Waals surface area contributed by atoms with Gasteiger partial charge in [0.05, 0.1) is 13.3 Å². The van der Waals surface area contributed by atoms with Gasteiger partial charge in [0.15, 0.2) is 5.11 Å². The molecule has 136 valence electrons. The predicted molar refractivity (Wildman–Crippen MR) is 102 cm³/mol. The fraction of sp³-hybridized carbons (Fsp3) is 0.294. The molecule has 1 aromatic heterocycles. The van der Waals surface area contributed by atoms with Gasteiger partial charge in [-0.3, -0.25) is 20.6 Å². The average molecular weight is 372 g/mol. The monoisotopic (exact) mass is 372 g/mol. The van der Waals surface area contributed by atoms with Gasteiger partial charge in [-0.15, -0.1) is 0 Å². The van der Waals surface area contributed by atoms with Crippen molar-refractivity contribution in [2.45, 2.75) is 0 Å². The highest BCUT2D eigenvalue weighted by molar-refractivity contribution is 7.80. The van der Waals surface area contributed by atoms with E-state index in [-0.39, 0.29) is 11.6 Å². The van der Waals surface area contributed by atoms with Crippen LogP contribution in [0.4, 0.5) is 5.69 Å². The van der Waals surface area contributed by atoms with Crippen molar-refractivity contribution in [3.05, 3.63) is 48.5 Å². The van der Waals surface area contributed by atoms with Crippen LogP contribution in [-0.2, 0) is 0 Å². The molecule has 9 heteroatoms. The minimum Gasteiger partial charge on any atom is -0.497 e. The van der Waals surface area contributed by atoms with Gasteiger partial charge in [-0.1, -0.05) is 0 Å². The molecule has 1 saturated heterocycles. The van der Waals surface area contributed by atoms with Gasteiger partial charge in [-0.2, -0.15) is 0 Å². The Labute approximate surface area is 157 Å². The number of rotatable bonds is 3. The van der Waals surface area contributed by atoms with Gasteiger partial charge in [-0.25, -0.2) is 4.98 Å². The summed E-state index contributed by atoms with van der Waals surface area (Å²) in [5, 5.41) is 0.483. The van der Waals surface area contributed by atoms with Crippen molar-refractivity contribution >= 4 is 28.9 Å². The zero-order valence-corrected chi connectivity index (χ0v) is 15.2. The van der Waals surface area contributed by atoms with Crippen molar-refractivity contribution < 1.29 is 9.53 Å². The Morgan fingerprint density at radius 3 is 2.46 bits per heavy atom. The number of carbonyl (C=O) groups is 1. The smallest absolute Gasteiger partial charge is 0.289 e. The van der Waals surface area contributed by atoms with Crippen LogP contribution in [0.25, 0.3) is 0 Å². The Morgan fingerprint density at radius 2 is 1.85 bits per heavy atom. The molecule has 0 atom stereocenters. The average Bonchev–Trinajstić information content (AvgIpc) is 2.72. The molecular formula is C17H20N6O2S. The van der Waals surface area contributed by atoms with E-state index in [1.807, 2.05) is 29.2 Å². The molecule has 0 radical (unpaired) electrons. The highest BCUT2D eigenvalue weighted by Crippen LogP contribution is 2.20. The second-order valence-corrected chi connectivity index (χ2v) is 6.03. The Morgan fingerprint density at radius 1 is 1.12 bits per heavy atom. The van der Waals surface area contributed by atoms with Crippen molar-refractivity contribution in [1.82, 2.24) is 25.7 Å². The van der Waals surface area contributed by atoms with Crippen LogP contribution in [0.3, 0.4) is 0 Å². The van der Waals surface area contributed by atoms with Gasteiger partial charge < -0.3 is 14.5 Å². The molecule has 1 aliphatic heterocycles. The van der Waals surface area contributed by atoms with Crippen LogP contribution >= 0.6 is 12.2 Å². The summed E-state index contributed by atoms with van der Waals surface area (Å²) in [5.74, 6) is 0.467. The van der Waals surface area contributed by atoms with Crippen LogP contribution in [0.5, 0.6) is 5.75 Å². The van der Waals surface area contributed by atoms with Crippen LogP contribution in [0.2, 0.25) is 0 Å². The lowest BCUT2D eigenvalue weighted by Crippen LogP contribution is -2.55. The molecule has 1 amide bonds. The molecule has 3 rings (SSSR count). The van der Waals surface area contributed by atoms with E-state index < -0.39 is 0 Å². The molecule has 2 heterocycles. The number of anilines is 1. The summed E-state index contributed by atoms with van der Waals surface area (Å²) in [6.07, 6.45) is 4.37. The third-order valence-electron chi connectivity index (χ3n) is 4.08. The molecule has 0 unspecified atom stereocenters. The predicted octanol–water partition coefficient (Wildman–Crippen LogP) is 0.827. The number of benzene rings is 1. The topological polar surface area (TPSA) is 82.6 Å². The number of amides is 1. The second kappa shape index (κ2) is 8.43. The van der Waals surface area contributed by atoms with Gasteiger partial charge >= 0.3 is 0 Å². The van der Waals surface area contributed by atoms with Crippen LogP contribution in [0.1, 0.15) is 10.5 Å². The molecule has 8 nitrogen and oxygen atoms in total. The number of hydrogen-bond donors (Lipinski definition) is 2. The minimum atomic E-state index is -0.377. The number of thiocarbonyl (C=S) groups is 1. The molecule has 0 aliphatic carbocycles. The quantitative estimate of drug-likeness (QED) is 0.606. The molecule has 1 aliphatic rings. The van der Waals surface area contributed by atoms with Crippen molar-refractivity contribution in [1.29, 1.82) is 0 Å². The Balaban J connectivity index is 1.46. The SMILES string of the molecule is COc1ccc(N2CCN(C(=S)NNC(=O)c3cnccn3)CC2)cc1. The molecular weight excluding hydrogens is 352 g/mol. The first-order chi connectivity index (χ1) is 12.7. The Hall–Kier alpha value is -2.94. The van der Waals surface area contributed by atoms with Crippen LogP contribution < -0.4 is 20.5 Å². The van der Waals surface area contributed by atoms with E-state index in [0.717, 1.165) is 37.6 Å². The largest absolute Gasteiger partial charge is 0.497 e. The third kappa shape index (κ3) is 4.37. The first-order valence-corrected chi connectivity index (χ1v) is 8.58. The van der Waals surface area contributed by atoms with E-state index in [4.69, 9.17) is 17.0 Å². The lowest BCUT2D eigenvalue weighted by molar-refractivity contribution is 0.0936. The molecule has 1 aromatic carbocycles. The Kier molecular flexibility index (Phi) is 5.80. The Bertz CT molecular complexity index is 748. The van der Waals surface area contributed by atoms with Gasteiger partial charge in [0, 0.05) is 44.3 Å². The molecule has 2 N–H and O–H groups in total. The summed E-state index contributed by atoms with van der Waals surface area (Å²) in [4.78, 5) is 24.1. The number of aromatic nitrogens is 2. The summed E-state index contributed by atoms with van der Waals surface area (Å²) >= 11 is 5.36. The standard InChI is InChI=1S/C17H20N6O2S/c1-25-14-4-2-13(3-5-14)22-8-10-23(11-9-22)17(26)21-20-16(24)15-12-18-6-7-19-15/h2-7,12H,8-11H2,1H3,(H,20,24)(H,21,26). The molecule has 26 heavy (non-hydrogen) atoms. The lowest BCUT2D eigenvalue weighted by atomic mass is 10.2. The van der Waals surface area contributed by atoms with Gasteiger partial charge in [0.2, 0.25) is 0 Å². The van der Waals surface area contributed by atoms with E-state index in [2.05, 4.69) is 25.7 Å². The van der Waals surface area contributed by atoms with Gasteiger partial charge in [-0.05, 0) is 36.5 Å². The van der Waals surface area contributed by atoms with Crippen LogP contribution in [0.15, 0.2) is 42.9 Å².